The Labute approximate surface area is 200 Å². The van der Waals surface area contributed by atoms with Crippen molar-refractivity contribution in [2.75, 3.05) is 31.3 Å². The van der Waals surface area contributed by atoms with E-state index in [9.17, 15) is 28.3 Å². The van der Waals surface area contributed by atoms with E-state index in [2.05, 4.69) is 27.5 Å². The zero-order valence-corrected chi connectivity index (χ0v) is 19.6. The topological polar surface area (TPSA) is 121 Å². The van der Waals surface area contributed by atoms with Crippen molar-refractivity contribution in [1.29, 1.82) is 0 Å². The lowest BCUT2D eigenvalue weighted by Crippen LogP contribution is -2.48. The highest BCUT2D eigenvalue weighted by Crippen LogP contribution is 2.40. The van der Waals surface area contributed by atoms with Crippen LogP contribution in [-0.2, 0) is 4.74 Å². The van der Waals surface area contributed by atoms with Crippen LogP contribution >= 0.6 is 0 Å². The third-order valence-corrected chi connectivity index (χ3v) is 6.36. The summed E-state index contributed by atoms with van der Waals surface area (Å²) >= 11 is 0. The van der Waals surface area contributed by atoms with Gasteiger partial charge in [0, 0.05) is 32.6 Å². The number of aromatic hydroxyl groups is 1. The fourth-order valence-electron chi connectivity index (χ4n) is 4.02. The molecule has 2 aliphatic rings. The molecule has 4 rings (SSSR count). The van der Waals surface area contributed by atoms with Crippen LogP contribution in [0.1, 0.15) is 43.1 Å². The predicted molar refractivity (Wildman–Crippen MR) is 125 cm³/mol. The summed E-state index contributed by atoms with van der Waals surface area (Å²) in [5.41, 5.74) is -3.71. The molecule has 186 valence electrons. The lowest BCUT2D eigenvalue weighted by Gasteiger charge is -2.32. The summed E-state index contributed by atoms with van der Waals surface area (Å²) in [7, 11) is 2.98. The van der Waals surface area contributed by atoms with E-state index >= 15 is 0 Å². The molecular formula is C24H26F2N4O5. The highest BCUT2D eigenvalue weighted by molar-refractivity contribution is 5.97. The average Bonchev–Trinajstić information content (AvgIpc) is 3.07. The molecule has 2 heterocycles. The lowest BCUT2D eigenvalue weighted by atomic mass is 9.85. The number of alkyl halides is 2. The van der Waals surface area contributed by atoms with Crippen LogP contribution in [-0.4, -0.2) is 59.2 Å². The Morgan fingerprint density at radius 2 is 1.97 bits per heavy atom. The maximum Gasteiger partial charge on any atom is 0.275 e. The first kappa shape index (κ1) is 24.6. The minimum atomic E-state index is -3.04. The SMILES string of the molecule is CN(C)C(=O)c1nccc(Nc2c(N[C@@H](C#CC3CCC3)[C@@]3(C)CC(F)(F)CO3)c(=O)c2=O)c1O. The summed E-state index contributed by atoms with van der Waals surface area (Å²) in [6.45, 7) is 0.727. The van der Waals surface area contributed by atoms with Gasteiger partial charge in [-0.1, -0.05) is 18.3 Å². The molecule has 1 aliphatic carbocycles. The van der Waals surface area contributed by atoms with Crippen LogP contribution < -0.4 is 21.5 Å². The maximum absolute atomic E-state index is 14.0. The molecule has 2 aromatic rings. The first-order valence-electron chi connectivity index (χ1n) is 11.2. The number of anilines is 3. The number of rotatable bonds is 6. The Morgan fingerprint density at radius 1 is 1.29 bits per heavy atom. The molecule has 2 fully saturated rings. The molecule has 1 aromatic heterocycles. The summed E-state index contributed by atoms with van der Waals surface area (Å²) in [5, 5.41) is 16.0. The summed E-state index contributed by atoms with van der Waals surface area (Å²) in [6.07, 6.45) is 3.53. The van der Waals surface area contributed by atoms with Crippen LogP contribution in [0.3, 0.4) is 0 Å². The van der Waals surface area contributed by atoms with E-state index in [-0.39, 0.29) is 28.7 Å². The van der Waals surface area contributed by atoms with E-state index in [0.29, 0.717) is 0 Å². The van der Waals surface area contributed by atoms with Crippen molar-refractivity contribution in [3.8, 4) is 17.6 Å². The van der Waals surface area contributed by atoms with Crippen LogP contribution in [0.15, 0.2) is 21.9 Å². The Bertz CT molecular complexity index is 1290. The third-order valence-electron chi connectivity index (χ3n) is 6.36. The molecule has 0 spiro atoms. The smallest absolute Gasteiger partial charge is 0.275 e. The van der Waals surface area contributed by atoms with Crippen molar-refractivity contribution in [2.24, 2.45) is 5.92 Å². The monoisotopic (exact) mass is 488 g/mol. The summed E-state index contributed by atoms with van der Waals surface area (Å²) in [4.78, 5) is 42.1. The normalized spacial score (nSPS) is 22.1. The molecular weight excluding hydrogens is 462 g/mol. The number of nitrogens with one attached hydrogen (secondary N) is 2. The van der Waals surface area contributed by atoms with Crippen molar-refractivity contribution in [3.63, 3.8) is 0 Å². The van der Waals surface area contributed by atoms with Crippen LogP contribution in [0.2, 0.25) is 0 Å². The van der Waals surface area contributed by atoms with Gasteiger partial charge in [-0.3, -0.25) is 14.4 Å². The van der Waals surface area contributed by atoms with Gasteiger partial charge < -0.3 is 25.4 Å². The summed E-state index contributed by atoms with van der Waals surface area (Å²) in [5.74, 6) is 2.06. The largest absolute Gasteiger partial charge is 0.504 e. The van der Waals surface area contributed by atoms with Crippen LogP contribution in [0.4, 0.5) is 25.8 Å². The lowest BCUT2D eigenvalue weighted by molar-refractivity contribution is -0.0205. The molecule has 0 radical (unpaired) electrons. The Hall–Kier alpha value is -3.52. The molecule has 3 N–H and O–H groups in total. The van der Waals surface area contributed by atoms with Crippen LogP contribution in [0.25, 0.3) is 0 Å². The number of ether oxygens (including phenoxy) is 1. The second-order valence-electron chi connectivity index (χ2n) is 9.42. The molecule has 0 bridgehead atoms. The number of carbonyl (C=O) groups is 1. The standard InChI is InChI=1S/C24H26F2N4O5/c1-23(11-24(25,26)12-35-23)15(8-7-13-5-4-6-13)29-17-16(20(32)21(17)33)28-14-9-10-27-18(19(14)31)22(34)30(2)3/h9-10,13,15,29,31H,4-6,11-12H2,1-3H3,(H,27,28)/t15-,23+/m0/s1. The highest BCUT2D eigenvalue weighted by Gasteiger charge is 2.52. The van der Waals surface area contributed by atoms with Gasteiger partial charge in [0.2, 0.25) is 0 Å². The van der Waals surface area contributed by atoms with Gasteiger partial charge in [-0.15, -0.1) is 0 Å². The molecule has 1 aromatic carbocycles. The predicted octanol–water partition coefficient (Wildman–Crippen LogP) is 2.23. The summed E-state index contributed by atoms with van der Waals surface area (Å²) < 4.78 is 33.4. The fourth-order valence-corrected chi connectivity index (χ4v) is 4.02. The molecule has 2 atom stereocenters. The number of hydrogen-bond acceptors (Lipinski definition) is 8. The van der Waals surface area contributed by atoms with E-state index in [0.717, 1.165) is 19.3 Å². The van der Waals surface area contributed by atoms with Gasteiger partial charge in [0.05, 0.1) is 5.69 Å². The van der Waals surface area contributed by atoms with Gasteiger partial charge in [-0.05, 0) is 25.8 Å². The molecule has 35 heavy (non-hydrogen) atoms. The second-order valence-corrected chi connectivity index (χ2v) is 9.42. The highest BCUT2D eigenvalue weighted by atomic mass is 19.3. The Morgan fingerprint density at radius 3 is 2.54 bits per heavy atom. The molecule has 1 aliphatic heterocycles. The van der Waals surface area contributed by atoms with E-state index in [4.69, 9.17) is 4.74 Å². The number of aromatic nitrogens is 1. The van der Waals surface area contributed by atoms with Gasteiger partial charge in [0.1, 0.15) is 29.6 Å². The molecule has 9 nitrogen and oxygen atoms in total. The van der Waals surface area contributed by atoms with Crippen molar-refractivity contribution in [3.05, 3.63) is 38.4 Å². The number of amides is 1. The first-order chi connectivity index (χ1) is 16.4. The third kappa shape index (κ3) is 4.71. The van der Waals surface area contributed by atoms with E-state index in [1.54, 1.807) is 0 Å². The van der Waals surface area contributed by atoms with Gasteiger partial charge >= 0.3 is 0 Å². The van der Waals surface area contributed by atoms with Crippen molar-refractivity contribution < 1.29 is 23.4 Å². The minimum absolute atomic E-state index is 0.0210. The maximum atomic E-state index is 14.0. The second kappa shape index (κ2) is 8.92. The van der Waals surface area contributed by atoms with E-state index in [1.807, 2.05) is 0 Å². The van der Waals surface area contributed by atoms with Gasteiger partial charge in [0.25, 0.3) is 22.7 Å². The van der Waals surface area contributed by atoms with Crippen LogP contribution in [0.5, 0.6) is 5.75 Å². The molecule has 11 heteroatoms. The number of pyridine rings is 1. The minimum Gasteiger partial charge on any atom is -0.504 e. The fraction of sp³-hybridized carbons (Fsp3) is 0.500. The quantitative estimate of drug-likeness (QED) is 0.418. The van der Waals surface area contributed by atoms with Crippen molar-refractivity contribution in [1.82, 2.24) is 9.88 Å². The number of nitrogens with zero attached hydrogens (tertiary/aromatic N) is 2. The molecule has 0 unspecified atom stereocenters. The van der Waals surface area contributed by atoms with E-state index < -0.39 is 53.1 Å². The van der Waals surface area contributed by atoms with E-state index in [1.165, 1.54) is 38.2 Å². The van der Waals surface area contributed by atoms with Crippen LogP contribution in [0, 0.1) is 17.8 Å². The van der Waals surface area contributed by atoms with Gasteiger partial charge in [-0.25, -0.2) is 13.8 Å². The molecule has 1 saturated heterocycles. The number of hydrogen-bond donors (Lipinski definition) is 3. The molecule has 1 saturated carbocycles. The van der Waals surface area contributed by atoms with Gasteiger partial charge in [-0.2, -0.15) is 0 Å². The first-order valence-corrected chi connectivity index (χ1v) is 11.2. The Balaban J connectivity index is 1.64. The number of halogens is 2. The average molecular weight is 488 g/mol. The van der Waals surface area contributed by atoms with Gasteiger partial charge in [0.15, 0.2) is 11.4 Å². The number of carbonyl (C=O) groups excluding carboxylic acids is 1. The zero-order valence-electron chi connectivity index (χ0n) is 19.6. The zero-order chi connectivity index (χ0) is 25.5. The van der Waals surface area contributed by atoms with Crippen molar-refractivity contribution >= 4 is 23.0 Å². The summed E-state index contributed by atoms with van der Waals surface area (Å²) in [6, 6.07) is 0.343. The van der Waals surface area contributed by atoms with Crippen molar-refractivity contribution in [2.45, 2.75) is 50.2 Å². The molecule has 1 amide bonds. The Kier molecular flexibility index (Phi) is 6.27.